The summed E-state index contributed by atoms with van der Waals surface area (Å²) in [5, 5.41) is 10.5. The van der Waals surface area contributed by atoms with E-state index >= 15 is 0 Å². The molecular weight excluding hydrogens is 669 g/mol. The second-order valence-electron chi connectivity index (χ2n) is 12.1. The van der Waals surface area contributed by atoms with E-state index in [2.05, 4.69) is 20.9 Å². The highest BCUT2D eigenvalue weighted by Crippen LogP contribution is 2.38. The van der Waals surface area contributed by atoms with Gasteiger partial charge >= 0.3 is 0 Å². The number of hydrogen-bond acceptors (Lipinski definition) is 8. The Kier molecular flexibility index (Phi) is 11.9. The standard InChI is InChI=1S/C32H41Cl2N5O5S2/c1-21(2)17-27(37-32(41)29-18-22-5-3-4-6-28(22)45-29)31(40)36-11-12-38-13-15-39(16-14-38)46(42,43)24-19-25(33)30(26(34)20-24)44-23-7-9-35-10-8-23/h3-6,18-21,23,27,35H,7-17H2,1-2H3,(H,36,40)(H,37,41)/t27-/m0/s1. The first-order valence-corrected chi connectivity index (χ1v) is 18.7. The number of rotatable bonds is 12. The van der Waals surface area contributed by atoms with Crippen molar-refractivity contribution >= 4 is 66.5 Å². The minimum Gasteiger partial charge on any atom is -0.487 e. The van der Waals surface area contributed by atoms with Crippen molar-refractivity contribution in [1.82, 2.24) is 25.2 Å². The number of piperazine rings is 1. The summed E-state index contributed by atoms with van der Waals surface area (Å²) >= 11 is 14.3. The van der Waals surface area contributed by atoms with Crippen LogP contribution in [0, 0.1) is 5.92 Å². The molecule has 14 heteroatoms. The van der Waals surface area contributed by atoms with Crippen LogP contribution in [0.1, 0.15) is 42.8 Å². The van der Waals surface area contributed by atoms with Crippen LogP contribution < -0.4 is 20.7 Å². The highest BCUT2D eigenvalue weighted by atomic mass is 35.5. The maximum atomic E-state index is 13.5. The van der Waals surface area contributed by atoms with Crippen LogP contribution in [-0.4, -0.2) is 93.9 Å². The summed E-state index contributed by atoms with van der Waals surface area (Å²) in [7, 11) is -3.82. The average molecular weight is 711 g/mol. The van der Waals surface area contributed by atoms with Crippen molar-refractivity contribution in [3.63, 3.8) is 0 Å². The van der Waals surface area contributed by atoms with Crippen LogP contribution >= 0.6 is 34.5 Å². The first-order chi connectivity index (χ1) is 22.0. The fourth-order valence-corrected chi connectivity index (χ4v) is 8.85. The van der Waals surface area contributed by atoms with E-state index in [1.165, 1.54) is 27.8 Å². The van der Waals surface area contributed by atoms with Crippen molar-refractivity contribution in [2.75, 3.05) is 52.4 Å². The largest absolute Gasteiger partial charge is 0.487 e. The first kappa shape index (κ1) is 34.9. The normalized spacial score (nSPS) is 17.7. The third-order valence-corrected chi connectivity index (χ3v) is 11.8. The first-order valence-electron chi connectivity index (χ1n) is 15.7. The number of ether oxygens (including phenoxy) is 1. The molecule has 10 nitrogen and oxygen atoms in total. The van der Waals surface area contributed by atoms with E-state index in [0.29, 0.717) is 56.3 Å². The zero-order valence-corrected chi connectivity index (χ0v) is 29.2. The number of nitrogens with one attached hydrogen (secondary N) is 3. The highest BCUT2D eigenvalue weighted by molar-refractivity contribution is 7.89. The van der Waals surface area contributed by atoms with Gasteiger partial charge in [0.15, 0.2) is 5.75 Å². The zero-order chi connectivity index (χ0) is 32.8. The summed E-state index contributed by atoms with van der Waals surface area (Å²) in [6.07, 6.45) is 2.13. The fraction of sp³-hybridized carbons (Fsp3) is 0.500. The molecule has 0 aliphatic carbocycles. The van der Waals surface area contributed by atoms with Crippen molar-refractivity contribution in [1.29, 1.82) is 0 Å². The van der Waals surface area contributed by atoms with Crippen LogP contribution in [0.2, 0.25) is 10.0 Å². The molecule has 2 aromatic carbocycles. The summed E-state index contributed by atoms with van der Waals surface area (Å²) in [6, 6.07) is 11.8. The van der Waals surface area contributed by atoms with Crippen molar-refractivity contribution in [3.8, 4) is 5.75 Å². The summed E-state index contributed by atoms with van der Waals surface area (Å²) in [5.41, 5.74) is 0. The van der Waals surface area contributed by atoms with Crippen molar-refractivity contribution in [2.24, 2.45) is 5.92 Å². The lowest BCUT2D eigenvalue weighted by Gasteiger charge is -2.34. The van der Waals surface area contributed by atoms with Crippen LogP contribution in [0.5, 0.6) is 5.75 Å². The molecule has 0 unspecified atom stereocenters. The van der Waals surface area contributed by atoms with E-state index in [4.69, 9.17) is 27.9 Å². The minimum atomic E-state index is -3.82. The van der Waals surface area contributed by atoms with Gasteiger partial charge in [0.1, 0.15) is 12.1 Å². The topological polar surface area (TPSA) is 120 Å². The molecule has 2 amide bonds. The number of piperidine rings is 1. The van der Waals surface area contributed by atoms with Crippen molar-refractivity contribution < 1.29 is 22.7 Å². The van der Waals surface area contributed by atoms with E-state index in [1.54, 1.807) is 0 Å². The van der Waals surface area contributed by atoms with E-state index in [0.717, 1.165) is 36.0 Å². The second kappa shape index (κ2) is 15.6. The van der Waals surface area contributed by atoms with E-state index in [9.17, 15) is 18.0 Å². The molecule has 3 N–H and O–H groups in total. The molecule has 3 aromatic rings. The Hall–Kier alpha value is -2.45. The third kappa shape index (κ3) is 8.71. The Morgan fingerprint density at radius 3 is 2.37 bits per heavy atom. The predicted octanol–water partition coefficient (Wildman–Crippen LogP) is 4.61. The Morgan fingerprint density at radius 2 is 1.72 bits per heavy atom. The number of sulfonamides is 1. The van der Waals surface area contributed by atoms with Crippen LogP contribution in [0.3, 0.4) is 0 Å². The number of benzene rings is 2. The minimum absolute atomic E-state index is 0.0245. The van der Waals surface area contributed by atoms with Crippen LogP contribution in [-0.2, 0) is 14.8 Å². The van der Waals surface area contributed by atoms with E-state index in [1.807, 2.05) is 44.2 Å². The van der Waals surface area contributed by atoms with Gasteiger partial charge in [-0.05, 0) is 67.9 Å². The average Bonchev–Trinajstić information content (AvgIpc) is 3.48. The lowest BCUT2D eigenvalue weighted by molar-refractivity contribution is -0.123. The van der Waals surface area contributed by atoms with Gasteiger partial charge in [0, 0.05) is 44.0 Å². The number of nitrogens with zero attached hydrogens (tertiary/aromatic N) is 2. The molecule has 1 aromatic heterocycles. The Bertz CT molecular complexity index is 1580. The van der Waals surface area contributed by atoms with Gasteiger partial charge in [-0.2, -0.15) is 4.31 Å². The molecule has 5 rings (SSSR count). The number of carbonyl (C=O) groups excluding carboxylic acids is 2. The quantitative estimate of drug-likeness (QED) is 0.251. The molecule has 250 valence electrons. The summed E-state index contributed by atoms with van der Waals surface area (Å²) < 4.78 is 35.4. The van der Waals surface area contributed by atoms with Gasteiger partial charge in [0.25, 0.3) is 5.91 Å². The number of fused-ring (bicyclic) bond motifs is 1. The van der Waals surface area contributed by atoms with E-state index in [-0.39, 0.29) is 38.8 Å². The van der Waals surface area contributed by atoms with Crippen LogP contribution in [0.15, 0.2) is 47.4 Å². The monoisotopic (exact) mass is 709 g/mol. The van der Waals surface area contributed by atoms with Crippen molar-refractivity contribution in [2.45, 2.75) is 50.2 Å². The maximum Gasteiger partial charge on any atom is 0.262 e. The molecular formula is C32H41Cl2N5O5S2. The van der Waals surface area contributed by atoms with E-state index < -0.39 is 16.1 Å². The fourth-order valence-electron chi connectivity index (χ4n) is 5.71. The molecule has 0 bridgehead atoms. The lowest BCUT2D eigenvalue weighted by Crippen LogP contribution is -2.52. The van der Waals surface area contributed by atoms with Gasteiger partial charge in [-0.1, -0.05) is 55.2 Å². The number of halogens is 2. The maximum absolute atomic E-state index is 13.5. The lowest BCUT2D eigenvalue weighted by atomic mass is 10.0. The number of amides is 2. The zero-order valence-electron chi connectivity index (χ0n) is 26.1. The van der Waals surface area contributed by atoms with Gasteiger partial charge in [-0.15, -0.1) is 11.3 Å². The molecule has 3 heterocycles. The molecule has 2 saturated heterocycles. The van der Waals surface area contributed by atoms with Gasteiger partial charge in [0.05, 0.1) is 19.8 Å². The molecule has 2 fully saturated rings. The molecule has 0 radical (unpaired) electrons. The molecule has 2 aliphatic heterocycles. The summed E-state index contributed by atoms with van der Waals surface area (Å²) in [5.74, 6) is 0.0318. The third-order valence-electron chi connectivity index (χ3n) is 8.22. The molecule has 46 heavy (non-hydrogen) atoms. The number of carbonyl (C=O) groups is 2. The molecule has 0 saturated carbocycles. The number of hydrogen-bond donors (Lipinski definition) is 3. The Labute approximate surface area is 284 Å². The Balaban J connectivity index is 1.11. The van der Waals surface area contributed by atoms with Gasteiger partial charge in [-0.3, -0.25) is 14.5 Å². The van der Waals surface area contributed by atoms with Crippen molar-refractivity contribution in [3.05, 3.63) is 57.4 Å². The highest BCUT2D eigenvalue weighted by Gasteiger charge is 2.31. The summed E-state index contributed by atoms with van der Waals surface area (Å²) in [6.45, 7) is 8.24. The van der Waals surface area contributed by atoms with Gasteiger partial charge < -0.3 is 20.7 Å². The molecule has 2 aliphatic rings. The van der Waals surface area contributed by atoms with Crippen LogP contribution in [0.25, 0.3) is 10.1 Å². The second-order valence-corrected chi connectivity index (χ2v) is 16.0. The summed E-state index contributed by atoms with van der Waals surface area (Å²) in [4.78, 5) is 28.9. The smallest absolute Gasteiger partial charge is 0.262 e. The van der Waals surface area contributed by atoms with Gasteiger partial charge in [0.2, 0.25) is 15.9 Å². The molecule has 1 atom stereocenters. The SMILES string of the molecule is CC(C)C[C@H](NC(=O)c1cc2ccccc2s1)C(=O)NCCN1CCN(S(=O)(=O)c2cc(Cl)c(OC3CCNCC3)c(Cl)c2)CC1. The Morgan fingerprint density at radius 1 is 1.04 bits per heavy atom. The number of thiophene rings is 1. The predicted molar refractivity (Wildman–Crippen MR) is 184 cm³/mol. The molecule has 0 spiro atoms. The van der Waals surface area contributed by atoms with Crippen LogP contribution in [0.4, 0.5) is 0 Å². The van der Waals surface area contributed by atoms with Gasteiger partial charge in [-0.25, -0.2) is 8.42 Å².